The molecule has 4 unspecified atom stereocenters. The van der Waals surface area contributed by atoms with E-state index in [4.69, 9.17) is 5.73 Å². The van der Waals surface area contributed by atoms with Crippen molar-refractivity contribution < 1.29 is 34.8 Å². The minimum Gasteiger partial charge on any atom is -0.510 e. The van der Waals surface area contributed by atoms with Gasteiger partial charge in [-0.25, -0.2) is 0 Å². The van der Waals surface area contributed by atoms with E-state index in [1.54, 1.807) is 14.1 Å². The molecule has 0 aliphatic heterocycles. The number of Topliss-reactive ketones (excluding diaryl/α,β-unsaturated/α-hetero) is 2. The number of rotatable bonds is 7. The molecule has 1 aromatic rings. The van der Waals surface area contributed by atoms with Crippen molar-refractivity contribution in [2.45, 2.75) is 43.9 Å². The Kier molecular flexibility index (Phi) is 6.52. The number of phenols is 1. The molecule has 1 saturated carbocycles. The van der Waals surface area contributed by atoms with Crippen molar-refractivity contribution in [1.29, 1.82) is 0 Å². The molecule has 1 fully saturated rings. The zero-order valence-corrected chi connectivity index (χ0v) is 22.6. The summed E-state index contributed by atoms with van der Waals surface area (Å²) in [6, 6.07) is 0.840. The Morgan fingerprint density at radius 2 is 1.82 bits per heavy atom. The number of amides is 1. The first kappa shape index (κ1) is 27.2. The number of allylic oxidation sites excluding steroid dienone is 1. The van der Waals surface area contributed by atoms with Crippen molar-refractivity contribution >= 4 is 23.2 Å². The van der Waals surface area contributed by atoms with Crippen LogP contribution in [0, 0.1) is 17.8 Å². The van der Waals surface area contributed by atoms with Crippen LogP contribution in [0.4, 0.5) is 5.69 Å². The van der Waals surface area contributed by atoms with E-state index in [0.29, 0.717) is 23.6 Å². The summed E-state index contributed by atoms with van der Waals surface area (Å²) >= 11 is 0. The fourth-order valence-electron chi connectivity index (χ4n) is 6.62. The summed E-state index contributed by atoms with van der Waals surface area (Å²) < 4.78 is 0. The van der Waals surface area contributed by atoms with Gasteiger partial charge in [0.05, 0.1) is 11.6 Å². The number of benzene rings is 1. The fourth-order valence-corrected chi connectivity index (χ4v) is 6.62. The molecule has 4 atom stereocenters. The number of primary amides is 1. The van der Waals surface area contributed by atoms with E-state index in [2.05, 4.69) is 5.32 Å². The maximum atomic E-state index is 14.0. The lowest BCUT2D eigenvalue weighted by Crippen LogP contribution is -2.63. The lowest BCUT2D eigenvalue weighted by Gasteiger charge is -2.50. The molecule has 0 saturated heterocycles. The normalized spacial score (nSPS) is 28.4. The van der Waals surface area contributed by atoms with Gasteiger partial charge in [0, 0.05) is 43.4 Å². The van der Waals surface area contributed by atoms with Crippen LogP contribution < -0.4 is 16.0 Å². The van der Waals surface area contributed by atoms with Crippen molar-refractivity contribution in [1.82, 2.24) is 10.2 Å². The minimum atomic E-state index is -2.64. The largest absolute Gasteiger partial charge is 0.510 e. The third-order valence-electron chi connectivity index (χ3n) is 8.71. The topological polar surface area (TPSA) is 177 Å². The predicted molar refractivity (Wildman–Crippen MR) is 142 cm³/mol. The molecule has 11 nitrogen and oxygen atoms in total. The number of hydrogen-bond donors (Lipinski definition) is 6. The average molecular weight is 541 g/mol. The summed E-state index contributed by atoms with van der Waals surface area (Å²) in [5.41, 5.74) is 3.70. The number of aliphatic hydroxyl groups excluding tert-OH is 2. The number of carbonyl (C=O) groups is 3. The monoisotopic (exact) mass is 540 g/mol. The molecule has 0 heterocycles. The van der Waals surface area contributed by atoms with E-state index in [9.17, 15) is 34.8 Å². The molecule has 0 aromatic heterocycles. The third-order valence-corrected chi connectivity index (χ3v) is 8.71. The van der Waals surface area contributed by atoms with Gasteiger partial charge in [-0.05, 0) is 69.8 Å². The van der Waals surface area contributed by atoms with E-state index in [1.165, 1.54) is 17.7 Å². The number of carbonyl (C=O) groups excluding carboxylic acids is 3. The van der Waals surface area contributed by atoms with E-state index >= 15 is 0 Å². The molecule has 7 N–H and O–H groups in total. The van der Waals surface area contributed by atoms with Crippen LogP contribution in [0.15, 0.2) is 28.7 Å². The molecule has 0 bridgehead atoms. The van der Waals surface area contributed by atoms with Gasteiger partial charge in [0.15, 0.2) is 11.4 Å². The molecule has 11 heteroatoms. The lowest BCUT2D eigenvalue weighted by atomic mass is 9.58. The number of nitrogens with one attached hydrogen (secondary N) is 1. The van der Waals surface area contributed by atoms with Crippen molar-refractivity contribution in [3.05, 3.63) is 45.4 Å². The van der Waals surface area contributed by atoms with Crippen molar-refractivity contribution in [3.8, 4) is 5.75 Å². The number of likely N-dealkylation sites (N-methyl/N-ethyl adjacent to an activating group) is 1. The zero-order valence-electron chi connectivity index (χ0n) is 22.6. The van der Waals surface area contributed by atoms with Crippen LogP contribution in [0.1, 0.15) is 40.7 Å². The van der Waals surface area contributed by atoms with Crippen LogP contribution in [0.2, 0.25) is 0 Å². The lowest BCUT2D eigenvalue weighted by molar-refractivity contribution is -0.148. The third kappa shape index (κ3) is 4.02. The molecule has 4 aliphatic rings. The molecular weight excluding hydrogens is 504 g/mol. The number of nitrogens with zero attached hydrogens (tertiary/aromatic N) is 2. The average Bonchev–Trinajstić information content (AvgIpc) is 3.66. The highest BCUT2D eigenvalue weighted by molar-refractivity contribution is 6.24. The smallest absolute Gasteiger partial charge is 0.255 e. The van der Waals surface area contributed by atoms with E-state index in [-0.39, 0.29) is 29.7 Å². The second-order valence-corrected chi connectivity index (χ2v) is 11.7. The Labute approximate surface area is 226 Å². The van der Waals surface area contributed by atoms with E-state index in [0.717, 1.165) is 12.2 Å². The van der Waals surface area contributed by atoms with Gasteiger partial charge in [0.1, 0.15) is 22.8 Å². The van der Waals surface area contributed by atoms with Gasteiger partial charge in [0.25, 0.3) is 5.91 Å². The second-order valence-electron chi connectivity index (χ2n) is 11.7. The molecule has 0 spiro atoms. The van der Waals surface area contributed by atoms with Gasteiger partial charge < -0.3 is 36.4 Å². The first-order valence-electron chi connectivity index (χ1n) is 13.2. The number of anilines is 1. The van der Waals surface area contributed by atoms with Gasteiger partial charge in [-0.15, -0.1) is 0 Å². The Balaban J connectivity index is 1.65. The first-order chi connectivity index (χ1) is 18.3. The standard InChI is InChI=1S/C28H36N4O7/c1-31(2)17-9-14(11-30-10-12-5-6-12)22(33)19-15(17)7-13-8-16-21(32(3)4)24(35)20(27(29)38)26(37)28(16,39)25(36)18(13)23(19)34/h9,12-13,16,21,30,33,35-36,39H,5-8,10-11H2,1-4H3,(H2,29,38). The molecule has 4 aliphatic carbocycles. The molecule has 210 valence electrons. The van der Waals surface area contributed by atoms with Gasteiger partial charge in [0.2, 0.25) is 5.78 Å². The number of hydrogen-bond acceptors (Lipinski definition) is 10. The number of fused-ring (bicyclic) bond motifs is 3. The summed E-state index contributed by atoms with van der Waals surface area (Å²) in [6.07, 6.45) is 2.65. The maximum Gasteiger partial charge on any atom is 0.255 e. The van der Waals surface area contributed by atoms with Gasteiger partial charge in [-0.2, -0.15) is 0 Å². The zero-order chi connectivity index (χ0) is 28.5. The van der Waals surface area contributed by atoms with Gasteiger partial charge in [-0.3, -0.25) is 19.3 Å². The number of phenolic OH excluding ortho intramolecular Hbond substituents is 1. The van der Waals surface area contributed by atoms with Gasteiger partial charge in [-0.1, -0.05) is 0 Å². The van der Waals surface area contributed by atoms with Gasteiger partial charge >= 0.3 is 0 Å². The summed E-state index contributed by atoms with van der Waals surface area (Å²) in [4.78, 5) is 43.0. The highest BCUT2D eigenvalue weighted by Crippen LogP contribution is 2.53. The van der Waals surface area contributed by atoms with Crippen LogP contribution in [0.5, 0.6) is 5.75 Å². The SMILES string of the molecule is CN(C)c1cc(CNCC2CC2)c(O)c2c1CC1CC3C(N(C)C)C(O)=C(C(N)=O)C(=O)C3(O)C(O)=C1C2=O. The predicted octanol–water partition coefficient (Wildman–Crippen LogP) is 0.686. The second kappa shape index (κ2) is 9.35. The molecule has 1 amide bonds. The van der Waals surface area contributed by atoms with Crippen molar-refractivity contribution in [2.75, 3.05) is 39.6 Å². The van der Waals surface area contributed by atoms with E-state index < -0.39 is 58.0 Å². The molecule has 39 heavy (non-hydrogen) atoms. The summed E-state index contributed by atoms with van der Waals surface area (Å²) in [5.74, 6) is -5.83. The molecular formula is C28H36N4O7. The highest BCUT2D eigenvalue weighted by Gasteiger charge is 2.63. The van der Waals surface area contributed by atoms with Crippen LogP contribution in [0.3, 0.4) is 0 Å². The highest BCUT2D eigenvalue weighted by atomic mass is 16.3. The molecule has 0 radical (unpaired) electrons. The quantitative estimate of drug-likeness (QED) is 0.270. The Bertz CT molecular complexity index is 1340. The Hall–Kier alpha value is -3.41. The number of ketones is 2. The Morgan fingerprint density at radius 3 is 2.38 bits per heavy atom. The van der Waals surface area contributed by atoms with Crippen LogP contribution in [0.25, 0.3) is 0 Å². The number of aromatic hydroxyl groups is 1. The molecule has 1 aromatic carbocycles. The minimum absolute atomic E-state index is 0.0326. The van der Waals surface area contributed by atoms with Crippen molar-refractivity contribution in [2.24, 2.45) is 23.5 Å². The summed E-state index contributed by atoms with van der Waals surface area (Å²) in [7, 11) is 6.90. The number of nitrogens with two attached hydrogens (primary N) is 1. The molecule has 5 rings (SSSR count). The maximum absolute atomic E-state index is 14.0. The summed E-state index contributed by atoms with van der Waals surface area (Å²) in [6.45, 7) is 1.15. The van der Waals surface area contributed by atoms with E-state index in [1.807, 2.05) is 25.1 Å². The van der Waals surface area contributed by atoms with Crippen LogP contribution in [-0.4, -0.2) is 89.2 Å². The van der Waals surface area contributed by atoms with Crippen LogP contribution >= 0.6 is 0 Å². The Morgan fingerprint density at radius 1 is 1.15 bits per heavy atom. The van der Waals surface area contributed by atoms with Crippen LogP contribution in [-0.2, 0) is 22.6 Å². The van der Waals surface area contributed by atoms with Crippen molar-refractivity contribution in [3.63, 3.8) is 0 Å². The first-order valence-corrected chi connectivity index (χ1v) is 13.2. The fraction of sp³-hybridized carbons (Fsp3) is 0.536. The number of aliphatic hydroxyl groups is 3. The summed E-state index contributed by atoms with van der Waals surface area (Å²) in [5, 5.41) is 48.7.